The van der Waals surface area contributed by atoms with Crippen LogP contribution in [-0.2, 0) is 6.42 Å². The van der Waals surface area contributed by atoms with Gasteiger partial charge in [-0.1, -0.05) is 59.9 Å². The number of ether oxygens (including phenoxy) is 1. The third-order valence-corrected chi connectivity index (χ3v) is 7.39. The maximum atomic E-state index is 13.3. The first-order chi connectivity index (χ1) is 18.1. The van der Waals surface area contributed by atoms with E-state index in [2.05, 4.69) is 23.1 Å². The van der Waals surface area contributed by atoms with Crippen LogP contribution in [0.4, 0.5) is 0 Å². The summed E-state index contributed by atoms with van der Waals surface area (Å²) < 4.78 is 9.68. The highest BCUT2D eigenvalue weighted by Crippen LogP contribution is 2.34. The van der Waals surface area contributed by atoms with Crippen molar-refractivity contribution >= 4 is 22.4 Å². The fraction of sp³-hybridized carbons (Fsp3) is 0.103. The first-order valence-corrected chi connectivity index (χ1v) is 12.9. The van der Waals surface area contributed by atoms with Gasteiger partial charge in [0.1, 0.15) is 17.5 Å². The van der Waals surface area contributed by atoms with Gasteiger partial charge in [-0.15, -0.1) is 5.10 Å². The van der Waals surface area contributed by atoms with Crippen molar-refractivity contribution < 1.29 is 4.74 Å². The summed E-state index contributed by atoms with van der Waals surface area (Å²) in [6.07, 6.45) is 4.88. The Morgan fingerprint density at radius 1 is 0.973 bits per heavy atom. The molecule has 4 heterocycles. The van der Waals surface area contributed by atoms with E-state index in [1.54, 1.807) is 0 Å². The lowest BCUT2D eigenvalue weighted by Gasteiger charge is -2.04. The number of rotatable bonds is 4. The molecule has 1 aliphatic heterocycles. The van der Waals surface area contributed by atoms with Crippen LogP contribution in [0.2, 0.25) is 0 Å². The van der Waals surface area contributed by atoms with Crippen LogP contribution in [-0.4, -0.2) is 30.5 Å². The molecule has 7 nitrogen and oxygen atoms in total. The van der Waals surface area contributed by atoms with Crippen molar-refractivity contribution in [2.75, 3.05) is 0 Å². The topological polar surface area (TPSA) is 74.3 Å². The van der Waals surface area contributed by atoms with Gasteiger partial charge in [-0.3, -0.25) is 4.79 Å². The van der Waals surface area contributed by atoms with Crippen LogP contribution in [0.1, 0.15) is 18.1 Å². The Bertz CT molecular complexity index is 1870. The molecule has 0 saturated carbocycles. The number of hydrogen-bond acceptors (Lipinski definition) is 6. The van der Waals surface area contributed by atoms with Crippen molar-refractivity contribution in [3.8, 4) is 34.1 Å². The van der Waals surface area contributed by atoms with E-state index in [9.17, 15) is 4.79 Å². The Kier molecular flexibility index (Phi) is 5.00. The van der Waals surface area contributed by atoms with Crippen molar-refractivity contribution in [1.29, 1.82) is 0 Å². The SMILES string of the molecule is CC1Cc2cc(-c3nn(-c4ccccc4)cc3/C=c3\sc4nc(-c5ccccc5)nn4c3=O)ccc2O1. The van der Waals surface area contributed by atoms with Gasteiger partial charge in [0.15, 0.2) is 5.82 Å². The summed E-state index contributed by atoms with van der Waals surface area (Å²) in [5.74, 6) is 1.47. The normalized spacial score (nSPS) is 15.3. The van der Waals surface area contributed by atoms with Gasteiger partial charge < -0.3 is 4.74 Å². The molecule has 0 N–H and O–H groups in total. The van der Waals surface area contributed by atoms with Gasteiger partial charge >= 0.3 is 0 Å². The largest absolute Gasteiger partial charge is 0.490 e. The van der Waals surface area contributed by atoms with E-state index < -0.39 is 0 Å². The minimum absolute atomic E-state index is 0.164. The summed E-state index contributed by atoms with van der Waals surface area (Å²) in [6.45, 7) is 2.07. The number of fused-ring (bicyclic) bond motifs is 2. The molecule has 0 aliphatic carbocycles. The Morgan fingerprint density at radius 2 is 1.76 bits per heavy atom. The zero-order valence-electron chi connectivity index (χ0n) is 19.9. The average molecular weight is 504 g/mol. The lowest BCUT2D eigenvalue weighted by Crippen LogP contribution is -2.23. The number of nitrogens with zero attached hydrogens (tertiary/aromatic N) is 5. The Morgan fingerprint density at radius 3 is 2.54 bits per heavy atom. The van der Waals surface area contributed by atoms with Crippen LogP contribution in [0.15, 0.2) is 89.9 Å². The van der Waals surface area contributed by atoms with Gasteiger partial charge in [0.2, 0.25) is 4.96 Å². The summed E-state index contributed by atoms with van der Waals surface area (Å²) in [6, 6.07) is 25.8. The van der Waals surface area contributed by atoms with E-state index in [-0.39, 0.29) is 11.7 Å². The van der Waals surface area contributed by atoms with Gasteiger partial charge in [0, 0.05) is 29.3 Å². The van der Waals surface area contributed by atoms with Crippen LogP contribution in [0.5, 0.6) is 5.75 Å². The van der Waals surface area contributed by atoms with Gasteiger partial charge in [-0.05, 0) is 48.9 Å². The van der Waals surface area contributed by atoms with Crippen molar-refractivity contribution in [3.05, 3.63) is 111 Å². The van der Waals surface area contributed by atoms with Crippen molar-refractivity contribution in [1.82, 2.24) is 24.4 Å². The third kappa shape index (κ3) is 3.82. The maximum Gasteiger partial charge on any atom is 0.291 e. The summed E-state index contributed by atoms with van der Waals surface area (Å²) in [4.78, 5) is 18.5. The molecule has 6 aromatic rings. The second-order valence-corrected chi connectivity index (χ2v) is 10.1. The Balaban J connectivity index is 1.37. The van der Waals surface area contributed by atoms with Crippen molar-refractivity contribution in [3.63, 3.8) is 0 Å². The highest BCUT2D eigenvalue weighted by Gasteiger charge is 2.21. The van der Waals surface area contributed by atoms with Gasteiger partial charge in [-0.2, -0.15) is 14.6 Å². The number of hydrogen-bond donors (Lipinski definition) is 0. The summed E-state index contributed by atoms with van der Waals surface area (Å²) >= 11 is 1.33. The minimum Gasteiger partial charge on any atom is -0.490 e. The molecule has 0 saturated heterocycles. The van der Waals surface area contributed by atoms with E-state index in [1.807, 2.05) is 89.8 Å². The van der Waals surface area contributed by atoms with Crippen molar-refractivity contribution in [2.45, 2.75) is 19.4 Å². The van der Waals surface area contributed by atoms with Crippen LogP contribution in [0.25, 0.3) is 39.4 Å². The molecule has 3 aromatic carbocycles. The standard InChI is InChI=1S/C29H21N5O2S/c1-18-14-21-15-20(12-13-24(21)36-18)26-22(17-33(31-26)23-10-6-3-7-11-23)16-25-28(35)34-29(37-25)30-27(32-34)19-8-4-2-5-9-19/h2-13,15-18H,14H2,1H3/b25-16-. The minimum atomic E-state index is -0.190. The van der Waals surface area contributed by atoms with Crippen LogP contribution in [0, 0.1) is 0 Å². The lowest BCUT2D eigenvalue weighted by molar-refractivity contribution is 0.254. The van der Waals surface area contributed by atoms with E-state index >= 15 is 0 Å². The molecule has 0 spiro atoms. The number of benzene rings is 3. The predicted molar refractivity (Wildman–Crippen MR) is 144 cm³/mol. The number of aromatic nitrogens is 5. The van der Waals surface area contributed by atoms with E-state index in [0.29, 0.717) is 15.3 Å². The van der Waals surface area contributed by atoms with E-state index in [4.69, 9.17) is 9.84 Å². The molecule has 1 aliphatic rings. The summed E-state index contributed by atoms with van der Waals surface area (Å²) in [7, 11) is 0. The molecule has 1 unspecified atom stereocenters. The van der Waals surface area contributed by atoms with Crippen LogP contribution in [0.3, 0.4) is 0 Å². The molecule has 3 aromatic heterocycles. The fourth-order valence-electron chi connectivity index (χ4n) is 4.68. The molecule has 0 fully saturated rings. The highest BCUT2D eigenvalue weighted by molar-refractivity contribution is 7.15. The number of para-hydroxylation sites is 1. The molecular weight excluding hydrogens is 482 g/mol. The molecule has 1 atom stereocenters. The van der Waals surface area contributed by atoms with Gasteiger partial charge in [-0.25, -0.2) is 4.68 Å². The van der Waals surface area contributed by atoms with Gasteiger partial charge in [0.25, 0.3) is 5.56 Å². The molecule has 7 rings (SSSR count). The predicted octanol–water partition coefficient (Wildman–Crippen LogP) is 4.54. The Labute approximate surface area is 215 Å². The van der Waals surface area contributed by atoms with Gasteiger partial charge in [0.05, 0.1) is 10.2 Å². The molecule has 0 radical (unpaired) electrons. The maximum absolute atomic E-state index is 13.3. The van der Waals surface area contributed by atoms with E-state index in [0.717, 1.165) is 40.2 Å². The first kappa shape index (κ1) is 21.7. The molecule has 37 heavy (non-hydrogen) atoms. The van der Waals surface area contributed by atoms with Crippen LogP contribution < -0.4 is 14.8 Å². The second kappa shape index (κ2) is 8.53. The zero-order chi connectivity index (χ0) is 24.9. The third-order valence-electron chi connectivity index (χ3n) is 6.43. The second-order valence-electron chi connectivity index (χ2n) is 9.08. The molecule has 180 valence electrons. The monoisotopic (exact) mass is 503 g/mol. The smallest absolute Gasteiger partial charge is 0.291 e. The lowest BCUT2D eigenvalue weighted by atomic mass is 10.0. The summed E-state index contributed by atoms with van der Waals surface area (Å²) in [5, 5.41) is 9.40. The summed E-state index contributed by atoms with van der Waals surface area (Å²) in [5.41, 5.74) is 5.43. The zero-order valence-corrected chi connectivity index (χ0v) is 20.7. The Hall–Kier alpha value is -4.56. The first-order valence-electron chi connectivity index (χ1n) is 12.0. The van der Waals surface area contributed by atoms with Crippen LogP contribution >= 0.6 is 11.3 Å². The fourth-order valence-corrected chi connectivity index (χ4v) is 5.58. The number of thiazole rings is 1. The molecule has 0 amide bonds. The quantitative estimate of drug-likeness (QED) is 0.353. The van der Waals surface area contributed by atoms with Crippen molar-refractivity contribution in [2.24, 2.45) is 0 Å². The van der Waals surface area contributed by atoms with E-state index in [1.165, 1.54) is 21.4 Å². The molecule has 8 heteroatoms. The molecular formula is C29H21N5O2S. The average Bonchev–Trinajstić information content (AvgIpc) is 3.69. The highest BCUT2D eigenvalue weighted by atomic mass is 32.1. The molecule has 0 bridgehead atoms.